The number of rotatable bonds is 11. The van der Waals surface area contributed by atoms with Crippen LogP contribution in [0.1, 0.15) is 68.7 Å². The van der Waals surface area contributed by atoms with Gasteiger partial charge in [0.05, 0.1) is 35.1 Å². The highest BCUT2D eigenvalue weighted by atomic mass is 35.5. The predicted molar refractivity (Wildman–Crippen MR) is 154 cm³/mol. The van der Waals surface area contributed by atoms with Gasteiger partial charge >= 0.3 is 18.0 Å². The molecular formula is C30H24ClF7N8O2. The maximum atomic E-state index is 14.2. The normalized spacial score (nSPS) is 14.4. The van der Waals surface area contributed by atoms with E-state index in [2.05, 4.69) is 25.7 Å². The van der Waals surface area contributed by atoms with Gasteiger partial charge in [0.25, 0.3) is 5.91 Å². The van der Waals surface area contributed by atoms with E-state index in [-0.39, 0.29) is 52.0 Å². The minimum Gasteiger partial charge on any atom is -0.349 e. The quantitative estimate of drug-likeness (QED) is 0.151. The van der Waals surface area contributed by atoms with Crippen molar-refractivity contribution in [3.8, 4) is 11.9 Å². The highest BCUT2D eigenvalue weighted by Gasteiger charge is 2.74. The van der Waals surface area contributed by atoms with Crippen LogP contribution < -0.4 is 5.32 Å². The minimum atomic E-state index is -6.57. The van der Waals surface area contributed by atoms with Gasteiger partial charge in [0.1, 0.15) is 5.69 Å². The molecule has 252 valence electrons. The fraction of sp³-hybridized carbons (Fsp3) is 0.367. The Morgan fingerprint density at radius 1 is 1.15 bits per heavy atom. The first-order chi connectivity index (χ1) is 22.4. The third-order valence-electron chi connectivity index (χ3n) is 7.79. The minimum absolute atomic E-state index is 0.0304. The molecule has 0 spiro atoms. The van der Waals surface area contributed by atoms with E-state index in [9.17, 15) is 45.6 Å². The van der Waals surface area contributed by atoms with Crippen molar-refractivity contribution in [2.45, 2.75) is 63.7 Å². The summed E-state index contributed by atoms with van der Waals surface area (Å²) >= 11 is 6.31. The zero-order valence-corrected chi connectivity index (χ0v) is 25.8. The standard InChI is InChI=1S/C30H24ClF7N8O2/c1-15-8-17(12-39)9-21(27(48)41-16(2)18-5-6-18)20(15)11-24(47)23-10-19(43-46(23)26-22(31)4-3-7-40-26)13-45-14-25(42-44-45)28(32,33)29(34,35)30(36,37)38/h3-4,7-10,14,16,18H,5-6,11,13H2,1-2H3,(H,41,48). The number of alkyl halides is 7. The fourth-order valence-corrected chi connectivity index (χ4v) is 5.20. The van der Waals surface area contributed by atoms with E-state index in [4.69, 9.17) is 11.6 Å². The van der Waals surface area contributed by atoms with Crippen LogP contribution in [0.25, 0.3) is 5.82 Å². The van der Waals surface area contributed by atoms with Crippen molar-refractivity contribution >= 4 is 23.3 Å². The van der Waals surface area contributed by atoms with Crippen LogP contribution in [0.2, 0.25) is 5.02 Å². The second kappa shape index (κ2) is 12.6. The lowest BCUT2D eigenvalue weighted by Crippen LogP contribution is -2.50. The summed E-state index contributed by atoms with van der Waals surface area (Å²) in [7, 11) is 0. The number of nitrogens with one attached hydrogen (secondary N) is 1. The summed E-state index contributed by atoms with van der Waals surface area (Å²) in [6, 6.07) is 8.89. The lowest BCUT2D eigenvalue weighted by Gasteiger charge is -2.26. The molecule has 0 saturated heterocycles. The van der Waals surface area contributed by atoms with Crippen LogP contribution in [-0.2, 0) is 18.9 Å². The molecule has 1 unspecified atom stereocenters. The summed E-state index contributed by atoms with van der Waals surface area (Å²) in [4.78, 5) is 31.4. The molecule has 4 aromatic rings. The third-order valence-corrected chi connectivity index (χ3v) is 8.09. The Kier molecular flexibility index (Phi) is 9.08. The highest BCUT2D eigenvalue weighted by molar-refractivity contribution is 6.32. The molecule has 1 saturated carbocycles. The zero-order chi connectivity index (χ0) is 35.2. The first kappa shape index (κ1) is 34.5. The largest absolute Gasteiger partial charge is 0.460 e. The van der Waals surface area contributed by atoms with E-state index >= 15 is 0 Å². The SMILES string of the molecule is Cc1cc(C#N)cc(C(=O)NC(C)C2CC2)c1CC(=O)c1cc(Cn2cc(C(F)(F)C(F)(F)C(F)(F)F)nn2)nn1-c1ncccc1Cl. The van der Waals surface area contributed by atoms with Crippen molar-refractivity contribution in [2.24, 2.45) is 5.92 Å². The van der Waals surface area contributed by atoms with Gasteiger partial charge < -0.3 is 5.32 Å². The number of pyridine rings is 1. The summed E-state index contributed by atoms with van der Waals surface area (Å²) in [5.41, 5.74) is -1.08. The predicted octanol–water partition coefficient (Wildman–Crippen LogP) is 5.98. The number of carbonyl (C=O) groups excluding carboxylic acids is 2. The Morgan fingerprint density at radius 2 is 1.85 bits per heavy atom. The first-order valence-electron chi connectivity index (χ1n) is 14.2. The number of aryl methyl sites for hydroxylation is 1. The van der Waals surface area contributed by atoms with Gasteiger partial charge in [0.15, 0.2) is 17.3 Å². The Hall–Kier alpha value is -4.85. The zero-order valence-electron chi connectivity index (χ0n) is 25.0. The molecule has 5 rings (SSSR count). The van der Waals surface area contributed by atoms with Gasteiger partial charge in [-0.1, -0.05) is 16.8 Å². The second-order valence-electron chi connectivity index (χ2n) is 11.3. The summed E-state index contributed by atoms with van der Waals surface area (Å²) in [5, 5.41) is 22.8. The van der Waals surface area contributed by atoms with Crippen LogP contribution in [-0.4, -0.2) is 59.6 Å². The number of nitrogens with zero attached hydrogens (tertiary/aromatic N) is 7. The highest BCUT2D eigenvalue weighted by Crippen LogP contribution is 2.51. The summed E-state index contributed by atoms with van der Waals surface area (Å²) in [6.45, 7) is 2.89. The molecule has 0 aliphatic heterocycles. The molecular weight excluding hydrogens is 673 g/mol. The molecule has 0 bridgehead atoms. The number of carbonyl (C=O) groups is 2. The average Bonchev–Trinajstić information content (AvgIpc) is 3.63. The Bertz CT molecular complexity index is 1930. The van der Waals surface area contributed by atoms with Crippen LogP contribution in [0, 0.1) is 24.2 Å². The van der Waals surface area contributed by atoms with Gasteiger partial charge in [-0.2, -0.15) is 41.1 Å². The molecule has 1 fully saturated rings. The van der Waals surface area contributed by atoms with E-state index < -0.39 is 42.0 Å². The van der Waals surface area contributed by atoms with Crippen molar-refractivity contribution < 1.29 is 40.3 Å². The maximum Gasteiger partial charge on any atom is 0.460 e. The fourth-order valence-electron chi connectivity index (χ4n) is 4.99. The molecule has 10 nitrogen and oxygen atoms in total. The molecule has 3 aromatic heterocycles. The van der Waals surface area contributed by atoms with Gasteiger partial charge in [0.2, 0.25) is 0 Å². The molecule has 0 radical (unpaired) electrons. The van der Waals surface area contributed by atoms with Crippen LogP contribution in [0.15, 0.2) is 42.7 Å². The average molecular weight is 697 g/mol. The van der Waals surface area contributed by atoms with Gasteiger partial charge in [-0.3, -0.25) is 9.59 Å². The van der Waals surface area contributed by atoms with Crippen LogP contribution in [0.3, 0.4) is 0 Å². The van der Waals surface area contributed by atoms with Crippen LogP contribution in [0.4, 0.5) is 30.7 Å². The number of halogens is 8. The van der Waals surface area contributed by atoms with Crippen molar-refractivity contribution in [1.82, 2.24) is 35.1 Å². The van der Waals surface area contributed by atoms with Gasteiger partial charge in [-0.05, 0) is 74.1 Å². The summed E-state index contributed by atoms with van der Waals surface area (Å²) < 4.78 is 95.1. The number of nitriles is 1. The van der Waals surface area contributed by atoms with Gasteiger partial charge in [-0.15, -0.1) is 5.10 Å². The molecule has 48 heavy (non-hydrogen) atoms. The Morgan fingerprint density at radius 3 is 2.48 bits per heavy atom. The Labute approximate surface area is 272 Å². The molecule has 1 aliphatic carbocycles. The van der Waals surface area contributed by atoms with E-state index in [1.165, 1.54) is 36.5 Å². The molecule has 1 amide bonds. The van der Waals surface area contributed by atoms with Crippen LogP contribution >= 0.6 is 11.6 Å². The molecule has 1 aromatic carbocycles. The number of amides is 1. The van der Waals surface area contributed by atoms with Crippen molar-refractivity contribution in [1.29, 1.82) is 5.26 Å². The first-order valence-corrected chi connectivity index (χ1v) is 14.6. The topological polar surface area (TPSA) is 131 Å². The summed E-state index contributed by atoms with van der Waals surface area (Å²) in [5.74, 6) is -13.0. The van der Waals surface area contributed by atoms with Gasteiger partial charge in [0, 0.05) is 24.2 Å². The van der Waals surface area contributed by atoms with Crippen molar-refractivity contribution in [3.63, 3.8) is 0 Å². The van der Waals surface area contributed by atoms with Crippen molar-refractivity contribution in [3.05, 3.63) is 87.1 Å². The number of ketones is 1. The van der Waals surface area contributed by atoms with Crippen LogP contribution in [0.5, 0.6) is 0 Å². The maximum absolute atomic E-state index is 14.2. The smallest absolute Gasteiger partial charge is 0.349 e. The summed E-state index contributed by atoms with van der Waals surface area (Å²) in [6.07, 6.45) is -3.46. The van der Waals surface area contributed by atoms with Crippen molar-refractivity contribution in [2.75, 3.05) is 0 Å². The Balaban J connectivity index is 1.50. The third kappa shape index (κ3) is 6.61. The molecule has 3 heterocycles. The molecule has 18 heteroatoms. The van der Waals surface area contributed by atoms with E-state index in [1.807, 2.05) is 13.0 Å². The van der Waals surface area contributed by atoms with E-state index in [0.29, 0.717) is 21.7 Å². The molecule has 1 aliphatic rings. The molecule has 1 N–H and O–H groups in total. The second-order valence-corrected chi connectivity index (χ2v) is 11.7. The monoisotopic (exact) mass is 696 g/mol. The van der Waals surface area contributed by atoms with Gasteiger partial charge in [-0.25, -0.2) is 14.3 Å². The lowest BCUT2D eigenvalue weighted by molar-refractivity contribution is -0.360. The number of aromatic nitrogens is 6. The molecule has 1 atom stereocenters. The number of Topliss-reactive ketones (excluding diaryl/α,β-unsaturated/α-hetero) is 1. The van der Waals surface area contributed by atoms with E-state index in [0.717, 1.165) is 17.5 Å². The number of hydrogen-bond donors (Lipinski definition) is 1. The lowest BCUT2D eigenvalue weighted by atomic mass is 9.93. The number of hydrogen-bond acceptors (Lipinski definition) is 7. The number of benzene rings is 1. The van der Waals surface area contributed by atoms with E-state index in [1.54, 1.807) is 6.92 Å².